The van der Waals surface area contributed by atoms with Crippen molar-refractivity contribution in [2.45, 2.75) is 45.1 Å². The van der Waals surface area contributed by atoms with Crippen LogP contribution in [0.5, 0.6) is 0 Å². The fraction of sp³-hybridized carbons (Fsp3) is 0.412. The first-order valence-electron chi connectivity index (χ1n) is 8.44. The van der Waals surface area contributed by atoms with Gasteiger partial charge in [0.25, 0.3) is 0 Å². The molecule has 0 atom stereocenters. The molecule has 1 aromatic carbocycles. The van der Waals surface area contributed by atoms with Gasteiger partial charge >= 0.3 is 0 Å². The van der Waals surface area contributed by atoms with E-state index in [2.05, 4.69) is 38.8 Å². The van der Waals surface area contributed by atoms with Crippen LogP contribution in [0.15, 0.2) is 24.3 Å². The van der Waals surface area contributed by atoms with Gasteiger partial charge in [0, 0.05) is 11.4 Å². The highest BCUT2D eigenvalue weighted by molar-refractivity contribution is 7.15. The second-order valence-corrected chi connectivity index (χ2v) is 7.08. The van der Waals surface area contributed by atoms with Crippen LogP contribution >= 0.6 is 11.3 Å². The monoisotopic (exact) mass is 340 g/mol. The first kappa shape index (κ1) is 15.3. The summed E-state index contributed by atoms with van der Waals surface area (Å²) in [6, 6.07) is 8.61. The third kappa shape index (κ3) is 3.17. The van der Waals surface area contributed by atoms with Gasteiger partial charge in [0.1, 0.15) is 10.8 Å². The number of para-hydroxylation sites is 1. The molecule has 0 radical (unpaired) electrons. The maximum absolute atomic E-state index is 4.70. The van der Waals surface area contributed by atoms with Gasteiger partial charge in [-0.15, -0.1) is 10.2 Å². The zero-order chi connectivity index (χ0) is 16.4. The Morgan fingerprint density at radius 3 is 2.75 bits per heavy atom. The molecule has 0 spiro atoms. The Morgan fingerprint density at radius 1 is 1.12 bits per heavy atom. The molecule has 0 unspecified atom stereocenters. The molecule has 24 heavy (non-hydrogen) atoms. The fourth-order valence-corrected chi connectivity index (χ4v) is 3.72. The Labute approximate surface area is 144 Å². The van der Waals surface area contributed by atoms with E-state index >= 15 is 0 Å². The van der Waals surface area contributed by atoms with E-state index < -0.39 is 0 Å². The largest absolute Gasteiger partial charge is 0.367 e. The summed E-state index contributed by atoms with van der Waals surface area (Å²) in [4.78, 5) is 9.32. The summed E-state index contributed by atoms with van der Waals surface area (Å²) in [5, 5.41) is 17.9. The molecule has 2 N–H and O–H groups in total. The quantitative estimate of drug-likeness (QED) is 0.727. The molecule has 3 aromatic rings. The summed E-state index contributed by atoms with van der Waals surface area (Å²) in [6.07, 6.45) is 5.87. The molecule has 2 aromatic heterocycles. The standard InChI is InChI=1S/C17H20N6S/c1-2-14-22-23-17(24-14)21-16-19-13-10-6-5-9-12(13)15(20-16)18-11-7-3-4-8-11/h5-6,9-11H,2-4,7-8H2,1H3,(H2,18,19,20,21,23). The minimum absolute atomic E-state index is 0.504. The van der Waals surface area contributed by atoms with Crippen molar-refractivity contribution in [2.75, 3.05) is 10.6 Å². The Morgan fingerprint density at radius 2 is 1.96 bits per heavy atom. The number of anilines is 3. The van der Waals surface area contributed by atoms with Gasteiger partial charge in [0.15, 0.2) is 0 Å². The summed E-state index contributed by atoms with van der Waals surface area (Å²) >= 11 is 1.54. The van der Waals surface area contributed by atoms with Crippen LogP contribution in [0.4, 0.5) is 16.9 Å². The molecular weight excluding hydrogens is 320 g/mol. The van der Waals surface area contributed by atoms with Crippen LogP contribution in [0.1, 0.15) is 37.6 Å². The third-order valence-corrected chi connectivity index (χ3v) is 5.27. The molecule has 1 aliphatic rings. The highest BCUT2D eigenvalue weighted by Crippen LogP contribution is 2.28. The van der Waals surface area contributed by atoms with Crippen LogP contribution in [0.2, 0.25) is 0 Å². The van der Waals surface area contributed by atoms with Crippen LogP contribution in [0, 0.1) is 0 Å². The number of rotatable bonds is 5. The SMILES string of the molecule is CCc1nnc(Nc2nc(NC3CCCC3)c3ccccc3n2)s1. The topological polar surface area (TPSA) is 75.6 Å². The van der Waals surface area contributed by atoms with E-state index in [9.17, 15) is 0 Å². The highest BCUT2D eigenvalue weighted by atomic mass is 32.1. The van der Waals surface area contributed by atoms with Gasteiger partial charge in [-0.3, -0.25) is 5.32 Å². The highest BCUT2D eigenvalue weighted by Gasteiger charge is 2.17. The number of nitrogens with one attached hydrogen (secondary N) is 2. The van der Waals surface area contributed by atoms with Crippen molar-refractivity contribution in [1.82, 2.24) is 20.2 Å². The van der Waals surface area contributed by atoms with E-state index in [1.165, 1.54) is 37.0 Å². The van der Waals surface area contributed by atoms with Gasteiger partial charge in [0.05, 0.1) is 5.52 Å². The van der Waals surface area contributed by atoms with Crippen molar-refractivity contribution in [3.63, 3.8) is 0 Å². The number of nitrogens with zero attached hydrogens (tertiary/aromatic N) is 4. The Hall–Kier alpha value is -2.28. The van der Waals surface area contributed by atoms with Crippen molar-refractivity contribution in [3.8, 4) is 0 Å². The first-order chi connectivity index (χ1) is 11.8. The van der Waals surface area contributed by atoms with Crippen molar-refractivity contribution in [1.29, 1.82) is 0 Å². The van der Waals surface area contributed by atoms with Crippen LogP contribution in [-0.4, -0.2) is 26.2 Å². The number of benzene rings is 1. The number of aryl methyl sites for hydroxylation is 1. The van der Waals surface area contributed by atoms with Gasteiger partial charge < -0.3 is 5.32 Å². The number of aromatic nitrogens is 4. The van der Waals surface area contributed by atoms with Crippen molar-refractivity contribution < 1.29 is 0 Å². The Balaban J connectivity index is 1.67. The molecule has 4 rings (SSSR count). The lowest BCUT2D eigenvalue weighted by Gasteiger charge is -2.15. The van der Waals surface area contributed by atoms with Gasteiger partial charge in [-0.2, -0.15) is 4.98 Å². The molecule has 1 saturated carbocycles. The molecule has 1 fully saturated rings. The fourth-order valence-electron chi connectivity index (χ4n) is 3.05. The van der Waals surface area contributed by atoms with E-state index in [-0.39, 0.29) is 0 Å². The Bertz CT molecular complexity index is 840. The maximum Gasteiger partial charge on any atom is 0.231 e. The van der Waals surface area contributed by atoms with Crippen molar-refractivity contribution in [3.05, 3.63) is 29.3 Å². The van der Waals surface area contributed by atoms with E-state index in [0.717, 1.165) is 33.3 Å². The van der Waals surface area contributed by atoms with Crippen LogP contribution in [0.3, 0.4) is 0 Å². The normalized spacial score (nSPS) is 15.0. The smallest absolute Gasteiger partial charge is 0.231 e. The molecular formula is C17H20N6S. The van der Waals surface area contributed by atoms with Crippen LogP contribution in [-0.2, 0) is 6.42 Å². The third-order valence-electron chi connectivity index (χ3n) is 4.29. The van der Waals surface area contributed by atoms with Gasteiger partial charge in [0.2, 0.25) is 11.1 Å². The minimum Gasteiger partial charge on any atom is -0.367 e. The van der Waals surface area contributed by atoms with Gasteiger partial charge in [-0.25, -0.2) is 4.98 Å². The predicted octanol–water partition coefficient (Wildman–Crippen LogP) is 4.14. The van der Waals surface area contributed by atoms with Crippen molar-refractivity contribution >= 4 is 39.1 Å². The van der Waals surface area contributed by atoms with Crippen LogP contribution in [0.25, 0.3) is 10.9 Å². The lowest BCUT2D eigenvalue weighted by Crippen LogP contribution is -2.16. The van der Waals surface area contributed by atoms with E-state index in [4.69, 9.17) is 4.98 Å². The zero-order valence-electron chi connectivity index (χ0n) is 13.6. The summed E-state index contributed by atoms with van der Waals surface area (Å²) in [5.41, 5.74) is 0.927. The average Bonchev–Trinajstić information content (AvgIpc) is 3.26. The second-order valence-electron chi connectivity index (χ2n) is 6.02. The number of hydrogen-bond acceptors (Lipinski definition) is 7. The summed E-state index contributed by atoms with van der Waals surface area (Å²) in [7, 11) is 0. The number of fused-ring (bicyclic) bond motifs is 1. The summed E-state index contributed by atoms with van der Waals surface area (Å²) < 4.78 is 0. The lowest BCUT2D eigenvalue weighted by molar-refractivity contribution is 0.752. The first-order valence-corrected chi connectivity index (χ1v) is 9.26. The van der Waals surface area contributed by atoms with Gasteiger partial charge in [-0.05, 0) is 31.4 Å². The van der Waals surface area contributed by atoms with E-state index in [1.54, 1.807) is 0 Å². The van der Waals surface area contributed by atoms with Crippen LogP contribution < -0.4 is 10.6 Å². The molecule has 0 saturated heterocycles. The summed E-state index contributed by atoms with van der Waals surface area (Å²) in [6.45, 7) is 2.07. The number of hydrogen-bond donors (Lipinski definition) is 2. The zero-order valence-corrected chi connectivity index (χ0v) is 14.4. The maximum atomic E-state index is 4.70. The van der Waals surface area contributed by atoms with E-state index in [0.29, 0.717) is 12.0 Å². The molecule has 124 valence electrons. The molecule has 6 nitrogen and oxygen atoms in total. The van der Waals surface area contributed by atoms with Gasteiger partial charge in [-0.1, -0.05) is 43.2 Å². The Kier molecular flexibility index (Phi) is 4.25. The second kappa shape index (κ2) is 6.68. The average molecular weight is 340 g/mol. The lowest BCUT2D eigenvalue weighted by atomic mass is 10.2. The molecule has 0 bridgehead atoms. The molecule has 0 aliphatic heterocycles. The predicted molar refractivity (Wildman–Crippen MR) is 98.0 cm³/mol. The molecule has 0 amide bonds. The minimum atomic E-state index is 0.504. The van der Waals surface area contributed by atoms with E-state index in [1.807, 2.05) is 18.2 Å². The molecule has 2 heterocycles. The molecule has 1 aliphatic carbocycles. The summed E-state index contributed by atoms with van der Waals surface area (Å²) in [5.74, 6) is 1.46. The molecule has 7 heteroatoms. The van der Waals surface area contributed by atoms with Crippen molar-refractivity contribution in [2.24, 2.45) is 0 Å².